The smallest absolute Gasteiger partial charge is 0.404 e. The summed E-state index contributed by atoms with van der Waals surface area (Å²) < 4.78 is 29.5. The van der Waals surface area contributed by atoms with Gasteiger partial charge in [0, 0.05) is 16.3 Å². The number of amides is 1. The van der Waals surface area contributed by atoms with Crippen molar-refractivity contribution in [2.24, 2.45) is 11.5 Å². The van der Waals surface area contributed by atoms with E-state index in [-0.39, 0.29) is 23.8 Å². The van der Waals surface area contributed by atoms with Crippen molar-refractivity contribution in [1.29, 1.82) is 0 Å². The van der Waals surface area contributed by atoms with E-state index in [0.717, 1.165) is 14.0 Å². The lowest BCUT2D eigenvalue weighted by Gasteiger charge is -2.04. The molecule has 0 aliphatic rings. The summed E-state index contributed by atoms with van der Waals surface area (Å²) in [7, 11) is -3.30. The topological polar surface area (TPSA) is 112 Å². The number of hydrogen-bond acceptors (Lipinski definition) is 7. The first-order chi connectivity index (χ1) is 10.9. The second kappa shape index (κ2) is 7.82. The summed E-state index contributed by atoms with van der Waals surface area (Å²) in [4.78, 5) is 12.6. The van der Waals surface area contributed by atoms with Gasteiger partial charge in [0.15, 0.2) is 9.84 Å². The van der Waals surface area contributed by atoms with E-state index >= 15 is 0 Å². The Labute approximate surface area is 142 Å². The van der Waals surface area contributed by atoms with Crippen LogP contribution in [0.2, 0.25) is 0 Å². The van der Waals surface area contributed by atoms with Crippen LogP contribution in [0.3, 0.4) is 0 Å². The van der Waals surface area contributed by atoms with Crippen LogP contribution in [-0.2, 0) is 21.2 Å². The van der Waals surface area contributed by atoms with Gasteiger partial charge in [0.25, 0.3) is 0 Å². The standard InChI is InChI=1S/C14H16N2O4S3/c15-7-8-23(18,19)12-4-1-10(2-5-12)21-13-6-3-11(22-13)9-20-14(16)17/h1-6H,7-9,15H2,(H2,16,17). The highest BCUT2D eigenvalue weighted by Crippen LogP contribution is 2.34. The highest BCUT2D eigenvalue weighted by Gasteiger charge is 2.13. The Morgan fingerprint density at radius 3 is 2.48 bits per heavy atom. The van der Waals surface area contributed by atoms with Gasteiger partial charge >= 0.3 is 6.09 Å². The Morgan fingerprint density at radius 2 is 1.87 bits per heavy atom. The molecule has 0 unspecified atom stereocenters. The molecule has 1 aromatic heterocycles. The Kier molecular flexibility index (Phi) is 6.05. The molecule has 0 aliphatic heterocycles. The molecule has 2 aromatic rings. The van der Waals surface area contributed by atoms with Crippen molar-refractivity contribution >= 4 is 39.0 Å². The number of carbonyl (C=O) groups excluding carboxylic acids is 1. The van der Waals surface area contributed by atoms with Crippen LogP contribution in [-0.4, -0.2) is 26.8 Å². The van der Waals surface area contributed by atoms with Gasteiger partial charge in [0.05, 0.1) is 14.9 Å². The largest absolute Gasteiger partial charge is 0.444 e. The Bertz CT molecular complexity index is 770. The normalized spacial score (nSPS) is 11.3. The lowest BCUT2D eigenvalue weighted by atomic mass is 10.4. The van der Waals surface area contributed by atoms with Crippen molar-refractivity contribution in [3.63, 3.8) is 0 Å². The molecule has 4 N–H and O–H groups in total. The highest BCUT2D eigenvalue weighted by molar-refractivity contribution is 8.01. The molecule has 23 heavy (non-hydrogen) atoms. The van der Waals surface area contributed by atoms with Crippen LogP contribution >= 0.6 is 23.1 Å². The molecule has 1 amide bonds. The van der Waals surface area contributed by atoms with Gasteiger partial charge in [-0.05, 0) is 36.4 Å². The third kappa shape index (κ3) is 5.24. The van der Waals surface area contributed by atoms with E-state index in [2.05, 4.69) is 0 Å². The predicted molar refractivity (Wildman–Crippen MR) is 90.4 cm³/mol. The number of hydrogen-bond donors (Lipinski definition) is 2. The number of benzene rings is 1. The van der Waals surface area contributed by atoms with Gasteiger partial charge in [-0.15, -0.1) is 11.3 Å². The van der Waals surface area contributed by atoms with Crippen molar-refractivity contribution in [1.82, 2.24) is 0 Å². The van der Waals surface area contributed by atoms with Crippen molar-refractivity contribution in [3.8, 4) is 0 Å². The third-order valence-corrected chi connectivity index (χ3v) is 6.74. The number of primary amides is 1. The summed E-state index contributed by atoms with van der Waals surface area (Å²) in [5.41, 5.74) is 10.2. The second-order valence-corrected chi connectivity index (χ2v) is 9.16. The van der Waals surface area contributed by atoms with Crippen molar-refractivity contribution < 1.29 is 17.9 Å². The van der Waals surface area contributed by atoms with Gasteiger partial charge in [-0.25, -0.2) is 13.2 Å². The van der Waals surface area contributed by atoms with Gasteiger partial charge < -0.3 is 16.2 Å². The van der Waals surface area contributed by atoms with Crippen LogP contribution in [0, 0.1) is 0 Å². The molecule has 0 spiro atoms. The first-order valence-corrected chi connectivity index (χ1v) is 9.91. The number of sulfone groups is 1. The second-order valence-electron chi connectivity index (χ2n) is 4.51. The van der Waals surface area contributed by atoms with Crippen LogP contribution in [0.4, 0.5) is 4.79 Å². The van der Waals surface area contributed by atoms with Crippen molar-refractivity contribution in [2.45, 2.75) is 20.6 Å². The Hall–Kier alpha value is -1.55. The molecule has 6 nitrogen and oxygen atoms in total. The van der Waals surface area contributed by atoms with E-state index in [1.165, 1.54) is 23.1 Å². The van der Waals surface area contributed by atoms with E-state index in [9.17, 15) is 13.2 Å². The summed E-state index contributed by atoms with van der Waals surface area (Å²) in [6.07, 6.45) is -0.804. The highest BCUT2D eigenvalue weighted by atomic mass is 32.2. The van der Waals surface area contributed by atoms with Crippen LogP contribution < -0.4 is 11.5 Å². The molecule has 1 heterocycles. The fourth-order valence-electron chi connectivity index (χ4n) is 1.74. The average Bonchev–Trinajstić information content (AvgIpc) is 2.93. The summed E-state index contributed by atoms with van der Waals surface area (Å²) in [5.74, 6) is -0.0619. The van der Waals surface area contributed by atoms with Gasteiger partial charge in [-0.3, -0.25) is 0 Å². The molecule has 0 bridgehead atoms. The molecule has 0 saturated carbocycles. The van der Waals surface area contributed by atoms with E-state index < -0.39 is 15.9 Å². The number of thiophene rings is 1. The predicted octanol–water partition coefficient (Wildman–Crippen LogP) is 2.23. The van der Waals surface area contributed by atoms with E-state index in [4.69, 9.17) is 16.2 Å². The molecule has 0 aliphatic carbocycles. The molecule has 0 fully saturated rings. The van der Waals surface area contributed by atoms with Crippen LogP contribution in [0.1, 0.15) is 4.88 Å². The molecule has 2 rings (SSSR count). The van der Waals surface area contributed by atoms with Gasteiger partial charge in [0.2, 0.25) is 0 Å². The third-order valence-electron chi connectivity index (χ3n) is 2.78. The molecule has 9 heteroatoms. The monoisotopic (exact) mass is 372 g/mol. The quantitative estimate of drug-likeness (QED) is 0.770. The van der Waals surface area contributed by atoms with Crippen LogP contribution in [0.15, 0.2) is 50.4 Å². The lowest BCUT2D eigenvalue weighted by Crippen LogP contribution is -2.15. The zero-order chi connectivity index (χ0) is 16.9. The van der Waals surface area contributed by atoms with Crippen LogP contribution in [0.5, 0.6) is 0 Å². The molecule has 124 valence electrons. The number of rotatable bonds is 7. The molecule has 0 atom stereocenters. The minimum absolute atomic E-state index is 0.0619. The van der Waals surface area contributed by atoms with E-state index in [1.807, 2.05) is 12.1 Å². The zero-order valence-corrected chi connectivity index (χ0v) is 14.5. The molecular weight excluding hydrogens is 356 g/mol. The Morgan fingerprint density at radius 1 is 1.17 bits per heavy atom. The van der Waals surface area contributed by atoms with Crippen LogP contribution in [0.25, 0.3) is 0 Å². The first-order valence-electron chi connectivity index (χ1n) is 6.62. The fraction of sp³-hybridized carbons (Fsp3) is 0.214. The maximum absolute atomic E-state index is 11.9. The molecule has 1 aromatic carbocycles. The lowest BCUT2D eigenvalue weighted by molar-refractivity contribution is 0.151. The maximum Gasteiger partial charge on any atom is 0.404 e. The SMILES string of the molecule is NCCS(=O)(=O)c1ccc(Sc2ccc(COC(N)=O)s2)cc1. The molecular formula is C14H16N2O4S3. The fourth-order valence-corrected chi connectivity index (χ4v) is 4.90. The zero-order valence-electron chi connectivity index (χ0n) is 12.1. The van der Waals surface area contributed by atoms with Gasteiger partial charge in [0.1, 0.15) is 6.61 Å². The summed E-state index contributed by atoms with van der Waals surface area (Å²) in [6.45, 7) is 0.251. The molecule has 0 saturated heterocycles. The number of nitrogens with two attached hydrogens (primary N) is 2. The molecule has 0 radical (unpaired) electrons. The van der Waals surface area contributed by atoms with E-state index in [0.29, 0.717) is 0 Å². The number of ether oxygens (including phenoxy) is 1. The maximum atomic E-state index is 11.9. The first kappa shape index (κ1) is 17.8. The summed E-state index contributed by atoms with van der Waals surface area (Å²) in [6, 6.07) is 10.4. The van der Waals surface area contributed by atoms with Gasteiger partial charge in [-0.2, -0.15) is 0 Å². The summed E-state index contributed by atoms with van der Waals surface area (Å²) >= 11 is 2.99. The van der Waals surface area contributed by atoms with Crippen molar-refractivity contribution in [2.75, 3.05) is 12.3 Å². The minimum atomic E-state index is -3.30. The summed E-state index contributed by atoms with van der Waals surface area (Å²) in [5, 5.41) is 0. The van der Waals surface area contributed by atoms with Crippen molar-refractivity contribution in [3.05, 3.63) is 41.3 Å². The minimum Gasteiger partial charge on any atom is -0.444 e. The average molecular weight is 372 g/mol. The number of carbonyl (C=O) groups is 1. The van der Waals surface area contributed by atoms with Gasteiger partial charge in [-0.1, -0.05) is 11.8 Å². The van der Waals surface area contributed by atoms with E-state index in [1.54, 1.807) is 24.3 Å². The Balaban J connectivity index is 2.02.